The minimum atomic E-state index is -3.75. The first-order valence-corrected chi connectivity index (χ1v) is 10.2. The van der Waals surface area contributed by atoms with Crippen molar-refractivity contribution in [1.29, 1.82) is 0 Å². The molecule has 1 aliphatic carbocycles. The summed E-state index contributed by atoms with van der Waals surface area (Å²) in [4.78, 5) is 11.9. The van der Waals surface area contributed by atoms with Crippen LogP contribution in [0.4, 0.5) is 10.5 Å². The van der Waals surface area contributed by atoms with Crippen LogP contribution in [0.15, 0.2) is 33.8 Å². The third-order valence-electron chi connectivity index (χ3n) is 4.36. The quantitative estimate of drug-likeness (QED) is 0.681. The number of phenols is 1. The Morgan fingerprint density at radius 2 is 2.15 bits per heavy atom. The van der Waals surface area contributed by atoms with Crippen molar-refractivity contribution in [1.82, 2.24) is 5.32 Å². The summed E-state index contributed by atoms with van der Waals surface area (Å²) in [5.41, 5.74) is 1.03. The average molecular weight is 399 g/mol. The van der Waals surface area contributed by atoms with Crippen LogP contribution in [0.2, 0.25) is 5.02 Å². The van der Waals surface area contributed by atoms with Crippen molar-refractivity contribution < 1.29 is 22.7 Å². The summed E-state index contributed by atoms with van der Waals surface area (Å²) in [6.07, 6.45) is 4.15. The van der Waals surface area contributed by atoms with Gasteiger partial charge in [-0.1, -0.05) is 18.5 Å². The van der Waals surface area contributed by atoms with Crippen molar-refractivity contribution in [3.05, 3.63) is 40.8 Å². The lowest BCUT2D eigenvalue weighted by Crippen LogP contribution is -2.34. The number of carbonyl (C=O) groups is 1. The number of benzene rings is 1. The van der Waals surface area contributed by atoms with Crippen LogP contribution in [0, 0.1) is 0 Å². The zero-order valence-electron chi connectivity index (χ0n) is 14.1. The van der Waals surface area contributed by atoms with E-state index in [2.05, 4.69) is 10.6 Å². The first-order chi connectivity index (χ1) is 12.3. The Labute approximate surface area is 156 Å². The lowest BCUT2D eigenvalue weighted by molar-refractivity contribution is 0.244. The lowest BCUT2D eigenvalue weighted by atomic mass is 9.94. The zero-order chi connectivity index (χ0) is 18.9. The molecule has 1 atom stereocenters. The van der Waals surface area contributed by atoms with Gasteiger partial charge in [0.05, 0.1) is 28.8 Å². The number of hydrogen-bond acceptors (Lipinski definition) is 5. The van der Waals surface area contributed by atoms with Gasteiger partial charge in [0.15, 0.2) is 15.6 Å². The third kappa shape index (κ3) is 3.52. The van der Waals surface area contributed by atoms with Crippen LogP contribution >= 0.6 is 11.6 Å². The van der Waals surface area contributed by atoms with Gasteiger partial charge in [-0.3, -0.25) is 0 Å². The number of furan rings is 1. The van der Waals surface area contributed by atoms with Gasteiger partial charge < -0.3 is 20.2 Å². The number of fused-ring (bicyclic) bond motifs is 1. The predicted molar refractivity (Wildman–Crippen MR) is 97.4 cm³/mol. The van der Waals surface area contributed by atoms with E-state index in [0.717, 1.165) is 30.6 Å². The highest BCUT2D eigenvalue weighted by molar-refractivity contribution is 7.91. The molecule has 0 spiro atoms. The van der Waals surface area contributed by atoms with Crippen LogP contribution in [-0.2, 0) is 16.3 Å². The molecule has 0 bridgehead atoms. The standard InChI is InChI=1S/C17H19ClN2O5S/c1-2-26(23,24)16-11(18)6-7-12(14(16)21)19-17(22)20-13-5-3-4-10-8-9-25-15(10)13/h6-9,13,21H,2-5H2,1H3,(H2,19,20,22)/t13-/m0/s1. The smallest absolute Gasteiger partial charge is 0.319 e. The Morgan fingerprint density at radius 3 is 2.88 bits per heavy atom. The van der Waals surface area contributed by atoms with Crippen LogP contribution in [-0.4, -0.2) is 25.3 Å². The lowest BCUT2D eigenvalue weighted by Gasteiger charge is -2.22. The molecule has 1 heterocycles. The van der Waals surface area contributed by atoms with Gasteiger partial charge in [0.1, 0.15) is 10.7 Å². The summed E-state index contributed by atoms with van der Waals surface area (Å²) in [7, 11) is -3.75. The number of sulfone groups is 1. The van der Waals surface area contributed by atoms with E-state index >= 15 is 0 Å². The Kier molecular flexibility index (Phi) is 5.15. The largest absolute Gasteiger partial charge is 0.504 e. The van der Waals surface area contributed by atoms with Crippen molar-refractivity contribution in [3.63, 3.8) is 0 Å². The maximum Gasteiger partial charge on any atom is 0.319 e. The Bertz CT molecular complexity index is 939. The number of carbonyl (C=O) groups excluding carboxylic acids is 1. The Morgan fingerprint density at radius 1 is 1.38 bits per heavy atom. The average Bonchev–Trinajstić information content (AvgIpc) is 3.07. The molecule has 140 valence electrons. The van der Waals surface area contributed by atoms with Gasteiger partial charge in [-0.25, -0.2) is 13.2 Å². The van der Waals surface area contributed by atoms with Crippen molar-refractivity contribution >= 4 is 33.2 Å². The van der Waals surface area contributed by atoms with Crippen molar-refractivity contribution in [2.45, 2.75) is 37.1 Å². The highest BCUT2D eigenvalue weighted by Crippen LogP contribution is 2.37. The van der Waals surface area contributed by atoms with Gasteiger partial charge in [0.2, 0.25) is 0 Å². The van der Waals surface area contributed by atoms with Gasteiger partial charge in [-0.05, 0) is 43.0 Å². The first-order valence-electron chi connectivity index (χ1n) is 8.21. The number of phenolic OH excluding ortho intramolecular Hbond substituents is 1. The molecule has 9 heteroatoms. The number of amides is 2. The Hall–Kier alpha value is -2.19. The van der Waals surface area contributed by atoms with Gasteiger partial charge in [-0.2, -0.15) is 0 Å². The van der Waals surface area contributed by atoms with E-state index in [4.69, 9.17) is 16.0 Å². The van der Waals surface area contributed by atoms with Gasteiger partial charge in [0.25, 0.3) is 0 Å². The molecule has 26 heavy (non-hydrogen) atoms. The molecule has 2 aromatic rings. The SMILES string of the molecule is CCS(=O)(=O)c1c(Cl)ccc(NC(=O)N[C@H]2CCCc3ccoc32)c1O. The Balaban J connectivity index is 1.80. The second-order valence-electron chi connectivity index (χ2n) is 6.03. The second kappa shape index (κ2) is 7.20. The molecule has 3 N–H and O–H groups in total. The number of halogens is 1. The summed E-state index contributed by atoms with van der Waals surface area (Å²) in [6, 6.07) is 3.71. The fraction of sp³-hybridized carbons (Fsp3) is 0.353. The summed E-state index contributed by atoms with van der Waals surface area (Å²) < 4.78 is 29.7. The molecule has 0 aliphatic heterocycles. The maximum absolute atomic E-state index is 12.3. The minimum Gasteiger partial charge on any atom is -0.504 e. The fourth-order valence-electron chi connectivity index (χ4n) is 3.03. The molecule has 1 aromatic carbocycles. The van der Waals surface area contributed by atoms with Crippen LogP contribution < -0.4 is 10.6 Å². The topological polar surface area (TPSA) is 109 Å². The van der Waals surface area contributed by atoms with E-state index in [9.17, 15) is 18.3 Å². The molecule has 0 saturated heterocycles. The van der Waals surface area contributed by atoms with E-state index in [1.54, 1.807) is 6.26 Å². The maximum atomic E-state index is 12.3. The summed E-state index contributed by atoms with van der Waals surface area (Å²) in [5, 5.41) is 15.5. The van der Waals surface area contributed by atoms with Crippen molar-refractivity contribution in [2.75, 3.05) is 11.1 Å². The zero-order valence-corrected chi connectivity index (χ0v) is 15.7. The molecule has 7 nitrogen and oxygen atoms in total. The van der Waals surface area contributed by atoms with Crippen LogP contribution in [0.1, 0.15) is 37.1 Å². The predicted octanol–water partition coefficient (Wildman–Crippen LogP) is 3.63. The molecule has 0 radical (unpaired) electrons. The number of hydrogen-bond donors (Lipinski definition) is 3. The molecule has 0 unspecified atom stereocenters. The number of nitrogens with one attached hydrogen (secondary N) is 2. The molecular weight excluding hydrogens is 380 g/mol. The minimum absolute atomic E-state index is 0.0330. The second-order valence-corrected chi connectivity index (χ2v) is 8.65. The van der Waals surface area contributed by atoms with Gasteiger partial charge in [-0.15, -0.1) is 0 Å². The molecular formula is C17H19ClN2O5S. The van der Waals surface area contributed by atoms with Gasteiger partial charge >= 0.3 is 6.03 Å². The number of rotatable bonds is 4. The van der Waals surface area contributed by atoms with Crippen LogP contribution in [0.5, 0.6) is 5.75 Å². The molecule has 0 saturated carbocycles. The molecule has 1 aliphatic rings. The van der Waals surface area contributed by atoms with Gasteiger partial charge in [0, 0.05) is 0 Å². The highest BCUT2D eigenvalue weighted by atomic mass is 35.5. The fourth-order valence-corrected chi connectivity index (χ4v) is 4.59. The van der Waals surface area contributed by atoms with Crippen molar-refractivity contribution in [3.8, 4) is 5.75 Å². The highest BCUT2D eigenvalue weighted by Gasteiger charge is 2.27. The number of urea groups is 1. The van der Waals surface area contributed by atoms with Crippen LogP contribution in [0.25, 0.3) is 0 Å². The number of anilines is 1. The van der Waals surface area contributed by atoms with E-state index in [1.807, 2.05) is 6.07 Å². The summed E-state index contributed by atoms with van der Waals surface area (Å²) in [6.45, 7) is 1.45. The van der Waals surface area contributed by atoms with E-state index in [1.165, 1.54) is 19.1 Å². The number of aryl methyl sites for hydroxylation is 1. The normalized spacial score (nSPS) is 16.8. The monoisotopic (exact) mass is 398 g/mol. The molecule has 0 fully saturated rings. The molecule has 2 amide bonds. The first kappa shape index (κ1) is 18.6. The van der Waals surface area contributed by atoms with Crippen molar-refractivity contribution in [2.24, 2.45) is 0 Å². The summed E-state index contributed by atoms with van der Waals surface area (Å²) in [5.74, 6) is -0.0722. The van der Waals surface area contributed by atoms with Crippen LogP contribution in [0.3, 0.4) is 0 Å². The summed E-state index contributed by atoms with van der Waals surface area (Å²) >= 11 is 5.92. The van der Waals surface area contributed by atoms with E-state index in [-0.39, 0.29) is 27.4 Å². The molecule has 3 rings (SSSR count). The molecule has 1 aromatic heterocycles. The number of aromatic hydroxyl groups is 1. The third-order valence-corrected chi connectivity index (χ3v) is 6.59. The van der Waals surface area contributed by atoms with E-state index in [0.29, 0.717) is 0 Å². The van der Waals surface area contributed by atoms with E-state index < -0.39 is 21.6 Å².